The minimum Gasteiger partial charge on any atom is -0.493 e. The Hall–Kier alpha value is -2.38. The van der Waals surface area contributed by atoms with Gasteiger partial charge in [-0.3, -0.25) is 4.79 Å². The van der Waals surface area contributed by atoms with Crippen molar-refractivity contribution in [1.29, 1.82) is 0 Å². The minimum atomic E-state index is -0.136. The zero-order valence-electron chi connectivity index (χ0n) is 19.0. The third-order valence-electron chi connectivity index (χ3n) is 5.93. The number of aromatic nitrogens is 1. The number of esters is 1. The Kier molecular flexibility index (Phi) is 7.81. The summed E-state index contributed by atoms with van der Waals surface area (Å²) in [5, 5.41) is 1.09. The molecule has 172 valence electrons. The van der Waals surface area contributed by atoms with Crippen LogP contribution in [0.15, 0.2) is 24.3 Å². The van der Waals surface area contributed by atoms with Crippen LogP contribution in [0.2, 0.25) is 0 Å². The topological polar surface area (TPSA) is 60.9 Å². The maximum atomic E-state index is 11.8. The molecule has 4 rings (SSSR count). The number of carbonyl (C=O) groups excluding carboxylic acids is 1. The van der Waals surface area contributed by atoms with Gasteiger partial charge in [-0.1, -0.05) is 18.2 Å². The molecule has 6 nitrogen and oxygen atoms in total. The fourth-order valence-electron chi connectivity index (χ4n) is 4.26. The molecule has 2 aliphatic rings. The predicted octanol–water partition coefficient (Wildman–Crippen LogP) is 4.58. The molecule has 1 fully saturated rings. The summed E-state index contributed by atoms with van der Waals surface area (Å²) in [4.78, 5) is 20.2. The van der Waals surface area contributed by atoms with E-state index < -0.39 is 0 Å². The van der Waals surface area contributed by atoms with Crippen LogP contribution >= 0.6 is 11.3 Å². The molecule has 7 heteroatoms. The van der Waals surface area contributed by atoms with Gasteiger partial charge >= 0.3 is 5.97 Å². The largest absolute Gasteiger partial charge is 0.493 e. The molecule has 1 aliphatic carbocycles. The molecular formula is C25H32N2O4S. The fourth-order valence-corrected chi connectivity index (χ4v) is 5.27. The lowest BCUT2D eigenvalue weighted by Crippen LogP contribution is -2.36. The van der Waals surface area contributed by atoms with Crippen LogP contribution in [0.1, 0.15) is 47.9 Å². The summed E-state index contributed by atoms with van der Waals surface area (Å²) in [6.07, 6.45) is 6.10. The summed E-state index contributed by atoms with van der Waals surface area (Å²) < 4.78 is 16.8. The first-order valence-electron chi connectivity index (χ1n) is 11.5. The van der Waals surface area contributed by atoms with Crippen LogP contribution in [-0.4, -0.2) is 50.5 Å². The van der Waals surface area contributed by atoms with E-state index in [1.54, 1.807) is 11.3 Å². The van der Waals surface area contributed by atoms with Crippen LogP contribution in [0.25, 0.3) is 5.57 Å². The molecule has 2 aromatic rings. The van der Waals surface area contributed by atoms with Crippen molar-refractivity contribution in [1.82, 2.24) is 4.98 Å². The number of thiazole rings is 1. The van der Waals surface area contributed by atoms with Gasteiger partial charge in [0.15, 0.2) is 5.13 Å². The fraction of sp³-hybridized carbons (Fsp3) is 0.520. The zero-order valence-corrected chi connectivity index (χ0v) is 19.8. The number of allylic oxidation sites excluding steroid dienone is 2. The third-order valence-corrected chi connectivity index (χ3v) is 7.00. The highest BCUT2D eigenvalue weighted by atomic mass is 32.1. The molecule has 32 heavy (non-hydrogen) atoms. The highest BCUT2D eigenvalue weighted by molar-refractivity contribution is 7.15. The maximum Gasteiger partial charge on any atom is 0.306 e. The van der Waals surface area contributed by atoms with Gasteiger partial charge in [0.05, 0.1) is 32.1 Å². The van der Waals surface area contributed by atoms with Gasteiger partial charge in [-0.05, 0) is 50.3 Å². The summed E-state index contributed by atoms with van der Waals surface area (Å²) in [5.74, 6) is 0.813. The van der Waals surface area contributed by atoms with E-state index in [4.69, 9.17) is 19.2 Å². The predicted molar refractivity (Wildman–Crippen MR) is 128 cm³/mol. The van der Waals surface area contributed by atoms with Crippen LogP contribution < -0.4 is 9.64 Å². The van der Waals surface area contributed by atoms with Crippen molar-refractivity contribution in [3.63, 3.8) is 0 Å². The molecule has 1 aromatic heterocycles. The van der Waals surface area contributed by atoms with Crippen molar-refractivity contribution in [3.05, 3.63) is 46.0 Å². The van der Waals surface area contributed by atoms with Crippen molar-refractivity contribution in [2.24, 2.45) is 0 Å². The Labute approximate surface area is 194 Å². The third kappa shape index (κ3) is 5.51. The molecule has 0 N–H and O–H groups in total. The van der Waals surface area contributed by atoms with Crippen molar-refractivity contribution in [3.8, 4) is 5.75 Å². The molecule has 0 saturated carbocycles. The first kappa shape index (κ1) is 22.8. The standard InChI is InChI=1S/C25H32N2O4S/c1-3-30-24(28)11-10-19-6-4-8-21-20(19)7-5-9-23(21)31-15-12-22-18(2)32-25(26-22)27-13-16-29-17-14-27/h5-7,9H,3-4,8,10-17H2,1-2H3. The molecule has 0 spiro atoms. The van der Waals surface area contributed by atoms with Gasteiger partial charge in [-0.15, -0.1) is 11.3 Å². The lowest BCUT2D eigenvalue weighted by atomic mass is 9.88. The molecule has 1 saturated heterocycles. The molecular weight excluding hydrogens is 424 g/mol. The normalized spacial score (nSPS) is 15.8. The Bertz CT molecular complexity index is 963. The van der Waals surface area contributed by atoms with E-state index in [0.717, 1.165) is 62.1 Å². The van der Waals surface area contributed by atoms with Gasteiger partial charge in [0.1, 0.15) is 5.75 Å². The Balaban J connectivity index is 1.37. The van der Waals surface area contributed by atoms with Crippen LogP contribution in [0.4, 0.5) is 5.13 Å². The summed E-state index contributed by atoms with van der Waals surface area (Å²) >= 11 is 1.76. The number of nitrogens with zero attached hydrogens (tertiary/aromatic N) is 2. The average Bonchev–Trinajstić information content (AvgIpc) is 3.19. The number of rotatable bonds is 9. The van der Waals surface area contributed by atoms with Gasteiger partial charge in [0.2, 0.25) is 0 Å². The molecule has 0 bridgehead atoms. The molecule has 2 heterocycles. The van der Waals surface area contributed by atoms with Crippen molar-refractivity contribution < 1.29 is 19.0 Å². The highest BCUT2D eigenvalue weighted by Gasteiger charge is 2.19. The van der Waals surface area contributed by atoms with E-state index in [2.05, 4.69) is 30.0 Å². The Morgan fingerprint density at radius 3 is 2.91 bits per heavy atom. The number of carbonyl (C=O) groups is 1. The van der Waals surface area contributed by atoms with E-state index >= 15 is 0 Å². The molecule has 0 amide bonds. The number of anilines is 1. The quantitative estimate of drug-likeness (QED) is 0.515. The number of aryl methyl sites for hydroxylation is 1. The number of benzene rings is 1. The van der Waals surface area contributed by atoms with Crippen LogP contribution in [0, 0.1) is 6.92 Å². The summed E-state index contributed by atoms with van der Waals surface area (Å²) in [6.45, 7) is 8.37. The van der Waals surface area contributed by atoms with Crippen molar-refractivity contribution >= 4 is 28.0 Å². The second kappa shape index (κ2) is 11.0. The lowest BCUT2D eigenvalue weighted by Gasteiger charge is -2.26. The van der Waals surface area contributed by atoms with Gasteiger partial charge in [-0.2, -0.15) is 0 Å². The smallest absolute Gasteiger partial charge is 0.306 e. The van der Waals surface area contributed by atoms with E-state index in [9.17, 15) is 4.79 Å². The van der Waals surface area contributed by atoms with Gasteiger partial charge in [0, 0.05) is 36.4 Å². The zero-order chi connectivity index (χ0) is 22.3. The summed E-state index contributed by atoms with van der Waals surface area (Å²) in [5.41, 5.74) is 4.79. The van der Waals surface area contributed by atoms with Gasteiger partial charge in [0.25, 0.3) is 0 Å². The SMILES string of the molecule is CCOC(=O)CCC1=CCCc2c(OCCc3nc(N4CCOCC4)sc3C)cccc21. The number of hydrogen-bond acceptors (Lipinski definition) is 7. The van der Waals surface area contributed by atoms with Crippen LogP contribution in [0.5, 0.6) is 5.75 Å². The second-order valence-electron chi connectivity index (χ2n) is 8.05. The first-order chi connectivity index (χ1) is 15.7. The second-order valence-corrected chi connectivity index (χ2v) is 9.23. The minimum absolute atomic E-state index is 0.136. The van der Waals surface area contributed by atoms with Crippen molar-refractivity contribution in [2.75, 3.05) is 44.4 Å². The molecule has 1 aliphatic heterocycles. The average molecular weight is 457 g/mol. The maximum absolute atomic E-state index is 11.8. The van der Waals surface area contributed by atoms with E-state index in [0.29, 0.717) is 26.1 Å². The number of fused-ring (bicyclic) bond motifs is 1. The highest BCUT2D eigenvalue weighted by Crippen LogP contribution is 2.35. The summed E-state index contributed by atoms with van der Waals surface area (Å²) in [6, 6.07) is 6.24. The van der Waals surface area contributed by atoms with Crippen LogP contribution in [0.3, 0.4) is 0 Å². The number of hydrogen-bond donors (Lipinski definition) is 0. The lowest BCUT2D eigenvalue weighted by molar-refractivity contribution is -0.142. The Morgan fingerprint density at radius 2 is 2.09 bits per heavy atom. The number of morpholine rings is 1. The van der Waals surface area contributed by atoms with Crippen molar-refractivity contribution in [2.45, 2.75) is 46.0 Å². The van der Waals surface area contributed by atoms with Gasteiger partial charge < -0.3 is 19.1 Å². The monoisotopic (exact) mass is 456 g/mol. The van der Waals surface area contributed by atoms with E-state index in [1.807, 2.05) is 13.0 Å². The van der Waals surface area contributed by atoms with Crippen LogP contribution in [-0.2, 0) is 27.1 Å². The number of ether oxygens (including phenoxy) is 3. The summed E-state index contributed by atoms with van der Waals surface area (Å²) in [7, 11) is 0. The first-order valence-corrected chi connectivity index (χ1v) is 12.4. The van der Waals surface area contributed by atoms with Gasteiger partial charge in [-0.25, -0.2) is 4.98 Å². The molecule has 1 aromatic carbocycles. The Morgan fingerprint density at radius 1 is 1.25 bits per heavy atom. The molecule has 0 radical (unpaired) electrons. The molecule has 0 unspecified atom stereocenters. The molecule has 0 atom stereocenters. The van der Waals surface area contributed by atoms with E-state index in [-0.39, 0.29) is 5.97 Å². The van der Waals surface area contributed by atoms with E-state index in [1.165, 1.54) is 21.6 Å².